The molecule has 0 bridgehead atoms. The molecule has 17 heavy (non-hydrogen) atoms. The fourth-order valence-electron chi connectivity index (χ4n) is 2.52. The van der Waals surface area contributed by atoms with Crippen molar-refractivity contribution >= 4 is 10.0 Å². The summed E-state index contributed by atoms with van der Waals surface area (Å²) in [5.74, 6) is 0.915. The average Bonchev–Trinajstić information content (AvgIpc) is 2.29. The topological polar surface area (TPSA) is 72.2 Å². The zero-order chi connectivity index (χ0) is 12.7. The summed E-state index contributed by atoms with van der Waals surface area (Å²) >= 11 is 0. The van der Waals surface area contributed by atoms with E-state index in [-0.39, 0.29) is 11.8 Å². The monoisotopic (exact) mass is 262 g/mol. The second kappa shape index (κ2) is 7.34. The van der Waals surface area contributed by atoms with E-state index < -0.39 is 10.0 Å². The second-order valence-electron chi connectivity index (χ2n) is 5.07. The van der Waals surface area contributed by atoms with Crippen LogP contribution in [-0.4, -0.2) is 26.8 Å². The minimum Gasteiger partial charge on any atom is -0.330 e. The number of sulfonamides is 1. The Labute approximate surface area is 105 Å². The van der Waals surface area contributed by atoms with Crippen molar-refractivity contribution in [2.45, 2.75) is 57.9 Å². The maximum Gasteiger partial charge on any atom is 0.211 e. The van der Waals surface area contributed by atoms with Crippen LogP contribution in [0.5, 0.6) is 0 Å². The van der Waals surface area contributed by atoms with Gasteiger partial charge in [-0.1, -0.05) is 26.2 Å². The molecule has 4 nitrogen and oxygen atoms in total. The lowest BCUT2D eigenvalue weighted by atomic mass is 9.85. The summed E-state index contributed by atoms with van der Waals surface area (Å²) in [6.07, 6.45) is 7.00. The molecule has 3 N–H and O–H groups in total. The lowest BCUT2D eigenvalue weighted by molar-refractivity contribution is 0.301. The van der Waals surface area contributed by atoms with Crippen LogP contribution in [0, 0.1) is 5.92 Å². The molecule has 0 radical (unpaired) electrons. The van der Waals surface area contributed by atoms with Gasteiger partial charge in [-0.05, 0) is 38.1 Å². The number of nitrogens with two attached hydrogens (primary N) is 1. The van der Waals surface area contributed by atoms with Gasteiger partial charge in [0.15, 0.2) is 0 Å². The van der Waals surface area contributed by atoms with Gasteiger partial charge in [0.05, 0.1) is 5.75 Å². The largest absolute Gasteiger partial charge is 0.330 e. The Kier molecular flexibility index (Phi) is 6.44. The van der Waals surface area contributed by atoms with Crippen molar-refractivity contribution in [2.24, 2.45) is 11.7 Å². The Morgan fingerprint density at radius 3 is 2.71 bits per heavy atom. The van der Waals surface area contributed by atoms with Gasteiger partial charge in [0.25, 0.3) is 0 Å². The van der Waals surface area contributed by atoms with Gasteiger partial charge < -0.3 is 5.73 Å². The maximum absolute atomic E-state index is 11.8. The Balaban J connectivity index is 2.36. The normalized spacial score (nSPS) is 26.0. The maximum atomic E-state index is 11.8. The first-order valence-electron chi connectivity index (χ1n) is 6.77. The molecule has 1 rings (SSSR count). The van der Waals surface area contributed by atoms with Gasteiger partial charge in [0, 0.05) is 6.04 Å². The Bertz CT molecular complexity index is 304. The van der Waals surface area contributed by atoms with Crippen molar-refractivity contribution in [3.63, 3.8) is 0 Å². The van der Waals surface area contributed by atoms with Crippen LogP contribution in [0.2, 0.25) is 0 Å². The van der Waals surface area contributed by atoms with Gasteiger partial charge in [-0.3, -0.25) is 0 Å². The smallest absolute Gasteiger partial charge is 0.211 e. The van der Waals surface area contributed by atoms with E-state index >= 15 is 0 Å². The first-order chi connectivity index (χ1) is 8.07. The molecule has 2 unspecified atom stereocenters. The van der Waals surface area contributed by atoms with Crippen LogP contribution in [0.15, 0.2) is 0 Å². The van der Waals surface area contributed by atoms with E-state index in [1.54, 1.807) is 0 Å². The minimum atomic E-state index is -3.09. The highest BCUT2D eigenvalue weighted by atomic mass is 32.2. The summed E-state index contributed by atoms with van der Waals surface area (Å²) in [4.78, 5) is 0. The summed E-state index contributed by atoms with van der Waals surface area (Å²) in [7, 11) is -3.09. The van der Waals surface area contributed by atoms with E-state index in [2.05, 4.69) is 11.6 Å². The molecule has 2 atom stereocenters. The van der Waals surface area contributed by atoms with Crippen LogP contribution in [0.4, 0.5) is 0 Å². The molecule has 0 amide bonds. The summed E-state index contributed by atoms with van der Waals surface area (Å²) in [5.41, 5.74) is 5.36. The van der Waals surface area contributed by atoms with Crippen molar-refractivity contribution < 1.29 is 8.42 Å². The molecule has 0 aromatic carbocycles. The zero-order valence-electron chi connectivity index (χ0n) is 10.8. The lowest BCUT2D eigenvalue weighted by Gasteiger charge is -2.28. The Morgan fingerprint density at radius 1 is 1.29 bits per heavy atom. The molecular formula is C12H26N2O2S. The number of rotatable bonds is 7. The highest BCUT2D eigenvalue weighted by molar-refractivity contribution is 7.89. The fraction of sp³-hybridized carbons (Fsp3) is 1.00. The van der Waals surface area contributed by atoms with Crippen LogP contribution in [0.25, 0.3) is 0 Å². The van der Waals surface area contributed by atoms with E-state index in [9.17, 15) is 8.42 Å². The molecule has 0 aromatic heterocycles. The van der Waals surface area contributed by atoms with Gasteiger partial charge >= 0.3 is 0 Å². The predicted molar refractivity (Wildman–Crippen MR) is 71.2 cm³/mol. The summed E-state index contributed by atoms with van der Waals surface area (Å²) in [5, 5.41) is 0. The fourth-order valence-corrected chi connectivity index (χ4v) is 3.94. The van der Waals surface area contributed by atoms with Crippen molar-refractivity contribution in [1.29, 1.82) is 0 Å². The van der Waals surface area contributed by atoms with Crippen LogP contribution >= 0.6 is 0 Å². The number of unbranched alkanes of at least 4 members (excludes halogenated alkanes) is 1. The Hall–Kier alpha value is -0.130. The predicted octanol–water partition coefficient (Wildman–Crippen LogP) is 1.61. The molecule has 102 valence electrons. The van der Waals surface area contributed by atoms with Gasteiger partial charge in [0.2, 0.25) is 10.0 Å². The van der Waals surface area contributed by atoms with Crippen molar-refractivity contribution in [2.75, 3.05) is 12.3 Å². The van der Waals surface area contributed by atoms with Gasteiger partial charge in [0.1, 0.15) is 0 Å². The van der Waals surface area contributed by atoms with Gasteiger partial charge in [-0.25, -0.2) is 13.1 Å². The average molecular weight is 262 g/mol. The van der Waals surface area contributed by atoms with Crippen LogP contribution < -0.4 is 10.5 Å². The van der Waals surface area contributed by atoms with Crippen LogP contribution in [-0.2, 0) is 10.0 Å². The minimum absolute atomic E-state index is 0.163. The zero-order valence-corrected chi connectivity index (χ0v) is 11.6. The van der Waals surface area contributed by atoms with E-state index in [1.165, 1.54) is 6.42 Å². The highest BCUT2D eigenvalue weighted by Gasteiger charge is 2.24. The highest BCUT2D eigenvalue weighted by Crippen LogP contribution is 2.26. The lowest BCUT2D eigenvalue weighted by Crippen LogP contribution is -2.39. The standard InChI is InChI=1S/C12H26N2O2S/c1-2-11-6-5-7-12(10-11)14-17(15,16)9-4-3-8-13/h11-12,14H,2-10,13H2,1H3. The first kappa shape index (κ1) is 14.9. The molecule has 1 aliphatic rings. The quantitative estimate of drug-likeness (QED) is 0.685. The molecule has 0 spiro atoms. The first-order valence-corrected chi connectivity index (χ1v) is 8.42. The third-order valence-electron chi connectivity index (χ3n) is 3.57. The molecule has 0 saturated heterocycles. The Morgan fingerprint density at radius 2 is 2.06 bits per heavy atom. The molecule has 5 heteroatoms. The molecule has 1 saturated carbocycles. The van der Waals surface area contributed by atoms with Crippen LogP contribution in [0.3, 0.4) is 0 Å². The second-order valence-corrected chi connectivity index (χ2v) is 6.94. The molecular weight excluding hydrogens is 236 g/mol. The van der Waals surface area contributed by atoms with E-state index in [1.807, 2.05) is 0 Å². The summed E-state index contributed by atoms with van der Waals surface area (Å²) in [6, 6.07) is 0.163. The summed E-state index contributed by atoms with van der Waals surface area (Å²) < 4.78 is 26.5. The number of hydrogen-bond donors (Lipinski definition) is 2. The van der Waals surface area contributed by atoms with Gasteiger partial charge in [-0.2, -0.15) is 0 Å². The van der Waals surface area contributed by atoms with E-state index in [0.29, 0.717) is 18.9 Å². The molecule has 1 fully saturated rings. The van der Waals surface area contributed by atoms with E-state index in [0.717, 1.165) is 32.1 Å². The molecule has 1 aliphatic carbocycles. The van der Waals surface area contributed by atoms with Crippen molar-refractivity contribution in [3.05, 3.63) is 0 Å². The molecule has 0 aromatic rings. The summed E-state index contributed by atoms with van der Waals surface area (Å²) in [6.45, 7) is 2.75. The van der Waals surface area contributed by atoms with Crippen molar-refractivity contribution in [3.8, 4) is 0 Å². The number of hydrogen-bond acceptors (Lipinski definition) is 3. The third-order valence-corrected chi connectivity index (χ3v) is 5.09. The number of nitrogens with one attached hydrogen (secondary N) is 1. The molecule has 0 heterocycles. The van der Waals surface area contributed by atoms with Gasteiger partial charge in [-0.15, -0.1) is 0 Å². The SMILES string of the molecule is CCC1CCCC(NS(=O)(=O)CCCCN)C1. The van der Waals surface area contributed by atoms with Crippen molar-refractivity contribution in [1.82, 2.24) is 4.72 Å². The third kappa shape index (κ3) is 5.84. The van der Waals surface area contributed by atoms with E-state index in [4.69, 9.17) is 5.73 Å². The molecule has 0 aliphatic heterocycles. The van der Waals surface area contributed by atoms with Crippen LogP contribution in [0.1, 0.15) is 51.9 Å².